The van der Waals surface area contributed by atoms with Crippen LogP contribution in [0.25, 0.3) is 0 Å². The Kier molecular flexibility index (Phi) is 4.48. The van der Waals surface area contributed by atoms with Crippen molar-refractivity contribution in [2.45, 2.75) is 20.3 Å². The third-order valence-electron chi connectivity index (χ3n) is 1.83. The van der Waals surface area contributed by atoms with Crippen LogP contribution in [0.1, 0.15) is 19.5 Å². The number of aromatic nitrogens is 2. The minimum atomic E-state index is 0.898. The van der Waals surface area contributed by atoms with Crippen molar-refractivity contribution in [1.82, 2.24) is 9.97 Å². The molecule has 2 nitrogen and oxygen atoms in total. The van der Waals surface area contributed by atoms with Crippen molar-refractivity contribution in [3.05, 3.63) is 54.2 Å². The van der Waals surface area contributed by atoms with Crippen molar-refractivity contribution in [2.75, 3.05) is 0 Å². The highest BCUT2D eigenvalue weighted by Gasteiger charge is 1.95. The minimum Gasteiger partial charge on any atom is -0.348 e. The predicted molar refractivity (Wildman–Crippen MR) is 60.0 cm³/mol. The number of aromatic amines is 1. The molecule has 1 aromatic heterocycles. The van der Waals surface area contributed by atoms with Gasteiger partial charge in [-0.05, 0) is 19.4 Å². The second kappa shape index (κ2) is 5.97. The molecule has 0 spiro atoms. The van der Waals surface area contributed by atoms with Crippen molar-refractivity contribution < 1.29 is 0 Å². The van der Waals surface area contributed by atoms with Crippen LogP contribution < -0.4 is 0 Å². The lowest BCUT2D eigenvalue weighted by Gasteiger charge is -1.97. The molecule has 1 aromatic rings. The smallest absolute Gasteiger partial charge is 0.0921 e. The average Bonchev–Trinajstić information content (AvgIpc) is 2.67. The highest BCUT2D eigenvalue weighted by Crippen LogP contribution is 2.06. The number of H-pyrrole nitrogens is 1. The summed E-state index contributed by atoms with van der Waals surface area (Å²) in [6.45, 7) is 4.04. The van der Waals surface area contributed by atoms with Gasteiger partial charge >= 0.3 is 0 Å². The molecule has 0 saturated heterocycles. The van der Waals surface area contributed by atoms with Crippen molar-refractivity contribution in [3.8, 4) is 0 Å². The zero-order chi connectivity index (χ0) is 10.2. The van der Waals surface area contributed by atoms with Crippen LogP contribution in [0, 0.1) is 0 Å². The van der Waals surface area contributed by atoms with E-state index in [9.17, 15) is 0 Å². The number of imidazole rings is 1. The van der Waals surface area contributed by atoms with Gasteiger partial charge in [0.15, 0.2) is 0 Å². The van der Waals surface area contributed by atoms with Crippen LogP contribution in [-0.4, -0.2) is 9.97 Å². The molecule has 0 aliphatic carbocycles. The lowest BCUT2D eigenvalue weighted by atomic mass is 10.1. The SMILES string of the molecule is C\C=C/C=C(\C=C/C)Cc1cnc[nH]1. The highest BCUT2D eigenvalue weighted by atomic mass is 14.9. The molecular formula is C12H16N2. The van der Waals surface area contributed by atoms with Crippen molar-refractivity contribution in [2.24, 2.45) is 0 Å². The number of hydrogen-bond donors (Lipinski definition) is 1. The van der Waals surface area contributed by atoms with Gasteiger partial charge in [0, 0.05) is 18.3 Å². The van der Waals surface area contributed by atoms with Gasteiger partial charge in [-0.25, -0.2) is 4.98 Å². The third kappa shape index (κ3) is 3.44. The van der Waals surface area contributed by atoms with Crippen LogP contribution in [-0.2, 0) is 6.42 Å². The largest absolute Gasteiger partial charge is 0.348 e. The molecule has 1 heterocycles. The Labute approximate surface area is 85.1 Å². The average molecular weight is 188 g/mol. The maximum atomic E-state index is 3.99. The van der Waals surface area contributed by atoms with Crippen molar-refractivity contribution in [3.63, 3.8) is 0 Å². The number of allylic oxidation sites excluding steroid dienone is 6. The van der Waals surface area contributed by atoms with Gasteiger partial charge in [0.25, 0.3) is 0 Å². The molecule has 1 rings (SSSR count). The van der Waals surface area contributed by atoms with Gasteiger partial charge in [-0.15, -0.1) is 0 Å². The zero-order valence-corrected chi connectivity index (χ0v) is 8.70. The summed E-state index contributed by atoms with van der Waals surface area (Å²) >= 11 is 0. The van der Waals surface area contributed by atoms with Gasteiger partial charge in [0.2, 0.25) is 0 Å². The first kappa shape index (κ1) is 10.5. The first-order valence-electron chi connectivity index (χ1n) is 4.78. The molecule has 0 unspecified atom stereocenters. The summed E-state index contributed by atoms with van der Waals surface area (Å²) in [5.41, 5.74) is 2.41. The first-order valence-corrected chi connectivity index (χ1v) is 4.78. The Morgan fingerprint density at radius 2 is 2.29 bits per heavy atom. The van der Waals surface area contributed by atoms with E-state index in [1.54, 1.807) is 6.33 Å². The molecule has 0 amide bonds. The second-order valence-corrected chi connectivity index (χ2v) is 3.02. The van der Waals surface area contributed by atoms with E-state index >= 15 is 0 Å². The Hall–Kier alpha value is -1.57. The molecule has 1 N–H and O–H groups in total. The summed E-state index contributed by atoms with van der Waals surface area (Å²) in [7, 11) is 0. The molecule has 0 aliphatic heterocycles. The predicted octanol–water partition coefficient (Wildman–Crippen LogP) is 3.03. The molecule has 0 aliphatic rings. The van der Waals surface area contributed by atoms with Crippen LogP contribution >= 0.6 is 0 Å². The normalized spacial score (nSPS) is 13.1. The summed E-state index contributed by atoms with van der Waals surface area (Å²) in [5.74, 6) is 0. The Morgan fingerprint density at radius 3 is 2.86 bits per heavy atom. The zero-order valence-electron chi connectivity index (χ0n) is 8.70. The van der Waals surface area contributed by atoms with Crippen molar-refractivity contribution >= 4 is 0 Å². The first-order chi connectivity index (χ1) is 6.86. The summed E-state index contributed by atoms with van der Waals surface area (Å²) in [6.07, 6.45) is 14.8. The molecule has 0 fully saturated rings. The molecule has 2 heteroatoms. The van der Waals surface area contributed by atoms with Gasteiger partial charge in [0.05, 0.1) is 6.33 Å². The van der Waals surface area contributed by atoms with E-state index in [4.69, 9.17) is 0 Å². The molecule has 14 heavy (non-hydrogen) atoms. The van der Waals surface area contributed by atoms with E-state index < -0.39 is 0 Å². The third-order valence-corrected chi connectivity index (χ3v) is 1.83. The number of nitrogens with zero attached hydrogens (tertiary/aromatic N) is 1. The van der Waals surface area contributed by atoms with E-state index in [1.807, 2.05) is 38.3 Å². The van der Waals surface area contributed by atoms with E-state index in [0.717, 1.165) is 12.1 Å². The number of hydrogen-bond acceptors (Lipinski definition) is 1. The fourth-order valence-electron chi connectivity index (χ4n) is 1.21. The number of rotatable bonds is 4. The molecule has 0 aromatic carbocycles. The van der Waals surface area contributed by atoms with Gasteiger partial charge < -0.3 is 4.98 Å². The van der Waals surface area contributed by atoms with E-state index in [1.165, 1.54) is 5.57 Å². The van der Waals surface area contributed by atoms with Crippen LogP contribution in [0.2, 0.25) is 0 Å². The van der Waals surface area contributed by atoms with Crippen molar-refractivity contribution in [1.29, 1.82) is 0 Å². The second-order valence-electron chi connectivity index (χ2n) is 3.02. The highest BCUT2D eigenvalue weighted by molar-refractivity contribution is 5.27. The van der Waals surface area contributed by atoms with Gasteiger partial charge in [-0.1, -0.05) is 30.4 Å². The fourth-order valence-corrected chi connectivity index (χ4v) is 1.21. The van der Waals surface area contributed by atoms with Crippen LogP contribution in [0.3, 0.4) is 0 Å². The molecular weight excluding hydrogens is 172 g/mol. The van der Waals surface area contributed by atoms with Gasteiger partial charge in [-0.2, -0.15) is 0 Å². The standard InChI is InChI=1S/C12H16N2/c1-3-5-7-11(6-4-2)8-12-9-13-10-14-12/h3-7,9-10H,8H2,1-2H3,(H,13,14)/b5-3-,6-4-,11-7+. The summed E-state index contributed by atoms with van der Waals surface area (Å²) in [6, 6.07) is 0. The monoisotopic (exact) mass is 188 g/mol. The minimum absolute atomic E-state index is 0.898. The molecule has 74 valence electrons. The Bertz CT molecular complexity index is 329. The Morgan fingerprint density at radius 1 is 1.43 bits per heavy atom. The lowest BCUT2D eigenvalue weighted by Crippen LogP contribution is -1.87. The molecule has 0 radical (unpaired) electrons. The van der Waals surface area contributed by atoms with Crippen LogP contribution in [0.5, 0.6) is 0 Å². The summed E-state index contributed by atoms with van der Waals surface area (Å²) in [4.78, 5) is 7.08. The molecule has 0 bridgehead atoms. The molecule has 0 saturated carbocycles. The summed E-state index contributed by atoms with van der Waals surface area (Å²) in [5, 5.41) is 0. The summed E-state index contributed by atoms with van der Waals surface area (Å²) < 4.78 is 0. The Balaban J connectivity index is 2.70. The van der Waals surface area contributed by atoms with E-state index in [0.29, 0.717) is 0 Å². The number of nitrogens with one attached hydrogen (secondary N) is 1. The van der Waals surface area contributed by atoms with E-state index in [2.05, 4.69) is 22.1 Å². The quantitative estimate of drug-likeness (QED) is 0.723. The maximum Gasteiger partial charge on any atom is 0.0921 e. The van der Waals surface area contributed by atoms with Crippen LogP contribution in [0.15, 0.2) is 48.5 Å². The van der Waals surface area contributed by atoms with Crippen LogP contribution in [0.4, 0.5) is 0 Å². The fraction of sp³-hybridized carbons (Fsp3) is 0.250. The maximum absolute atomic E-state index is 3.99. The molecule has 0 atom stereocenters. The topological polar surface area (TPSA) is 28.7 Å². The van der Waals surface area contributed by atoms with Gasteiger partial charge in [0.1, 0.15) is 0 Å². The lowest BCUT2D eigenvalue weighted by molar-refractivity contribution is 1.11. The van der Waals surface area contributed by atoms with E-state index in [-0.39, 0.29) is 0 Å². The van der Waals surface area contributed by atoms with Gasteiger partial charge in [-0.3, -0.25) is 0 Å².